The van der Waals surface area contributed by atoms with Crippen molar-refractivity contribution < 1.29 is 139 Å². The van der Waals surface area contributed by atoms with Crippen LogP contribution in [0, 0.1) is 0 Å². The summed E-state index contributed by atoms with van der Waals surface area (Å²) in [5.41, 5.74) is 0. The molecule has 15 heteroatoms. The number of hydrogen-bond acceptors (Lipinski definition) is 8. The molecule has 23 heavy (non-hydrogen) atoms. The van der Waals surface area contributed by atoms with Gasteiger partial charge in [0.1, 0.15) is 0 Å². The molecule has 0 bridgehead atoms. The van der Waals surface area contributed by atoms with Crippen molar-refractivity contribution in [3.63, 3.8) is 0 Å². The zero-order chi connectivity index (χ0) is 14.3. The van der Waals surface area contributed by atoms with Crippen LogP contribution in [-0.4, -0.2) is 23.9 Å². The standard InChI is InChI=1S/4C2H4O2.3Hf.4O/c4*1-2(3)4;;;;;;;/h4*1H3,(H,3,4);;;;;;;/q;;;;3*+4;4*-2/p-4. The number of carboxylic acids is 4. The summed E-state index contributed by atoms with van der Waals surface area (Å²) >= 11 is 0. The smallest absolute Gasteiger partial charge is 2.00 e. The van der Waals surface area contributed by atoms with E-state index in [9.17, 15) is 0 Å². The van der Waals surface area contributed by atoms with E-state index < -0.39 is 23.9 Å². The first-order chi connectivity index (χ1) is 6.93. The number of carbonyl (C=O) groups is 4. The first-order valence-electron chi connectivity index (χ1n) is 3.63. The number of hydrogen-bond donors (Lipinski definition) is 0. The molecule has 0 atom stereocenters. The van der Waals surface area contributed by atoms with E-state index in [0.717, 1.165) is 27.7 Å². The second kappa shape index (κ2) is 66.8. The fourth-order valence-corrected chi connectivity index (χ4v) is 0. The van der Waals surface area contributed by atoms with E-state index in [-0.39, 0.29) is 99.4 Å². The first kappa shape index (κ1) is 76.5. The minimum absolute atomic E-state index is 0. The maximum absolute atomic E-state index is 8.89. The van der Waals surface area contributed by atoms with E-state index in [1.54, 1.807) is 0 Å². The third kappa shape index (κ3) is 84600. The Morgan fingerprint density at radius 2 is 0.435 bits per heavy atom. The number of aliphatic carboxylic acids is 4. The Bertz CT molecular complexity index is 172. The maximum Gasteiger partial charge on any atom is 4.00 e. The van der Waals surface area contributed by atoms with Crippen molar-refractivity contribution in [1.82, 2.24) is 0 Å². The van der Waals surface area contributed by atoms with Crippen LogP contribution in [-0.2, 0) is 119 Å². The second-order valence-corrected chi connectivity index (χ2v) is 1.97. The van der Waals surface area contributed by atoms with Crippen LogP contribution < -0.4 is 20.4 Å². The molecular weight excluding hydrogens is 824 g/mol. The number of rotatable bonds is 0. The van der Waals surface area contributed by atoms with Gasteiger partial charge in [-0.3, -0.25) is 0 Å². The van der Waals surface area contributed by atoms with Gasteiger partial charge in [-0.25, -0.2) is 0 Å². The zero-order valence-corrected chi connectivity index (χ0v) is 23.2. The summed E-state index contributed by atoms with van der Waals surface area (Å²) in [6.07, 6.45) is 0. The van der Waals surface area contributed by atoms with Crippen LogP contribution in [0.3, 0.4) is 0 Å². The molecule has 12 nitrogen and oxygen atoms in total. The van der Waals surface area contributed by atoms with Crippen molar-refractivity contribution in [3.8, 4) is 0 Å². The molecule has 0 aromatic heterocycles. The molecule has 0 aromatic rings. The fourth-order valence-electron chi connectivity index (χ4n) is 0. The molecule has 0 aliphatic carbocycles. The predicted octanol–water partition coefficient (Wildman–Crippen LogP) is -5.46. The van der Waals surface area contributed by atoms with Crippen LogP contribution in [0.15, 0.2) is 0 Å². The summed E-state index contributed by atoms with van der Waals surface area (Å²) in [5.74, 6) is -4.33. The van der Waals surface area contributed by atoms with Crippen LogP contribution in [0.1, 0.15) is 27.7 Å². The van der Waals surface area contributed by atoms with Gasteiger partial charge in [-0.15, -0.1) is 0 Å². The molecule has 128 valence electrons. The first-order valence-corrected chi connectivity index (χ1v) is 3.63. The van der Waals surface area contributed by atoms with Crippen LogP contribution in [0.2, 0.25) is 0 Å². The van der Waals surface area contributed by atoms with Crippen LogP contribution in [0.5, 0.6) is 0 Å². The van der Waals surface area contributed by atoms with Gasteiger partial charge >= 0.3 is 77.5 Å². The van der Waals surface area contributed by atoms with E-state index in [0.29, 0.717) is 0 Å². The van der Waals surface area contributed by atoms with Gasteiger partial charge in [0.2, 0.25) is 0 Å². The molecule has 0 spiro atoms. The summed E-state index contributed by atoms with van der Waals surface area (Å²) in [6.45, 7) is 3.89. The molecule has 0 fully saturated rings. The van der Waals surface area contributed by atoms with Crippen molar-refractivity contribution in [3.05, 3.63) is 0 Å². The van der Waals surface area contributed by atoms with E-state index in [2.05, 4.69) is 0 Å². The molecule has 0 saturated heterocycles. The van der Waals surface area contributed by atoms with E-state index in [1.807, 2.05) is 0 Å². The summed E-state index contributed by atoms with van der Waals surface area (Å²) in [5, 5.41) is 35.6. The Morgan fingerprint density at radius 3 is 0.435 bits per heavy atom. The SMILES string of the molecule is CC(=O)[O-].CC(=O)[O-].CC(=O)[O-].CC(=O)[O-].[Hf+4].[Hf+4].[Hf+4].[O-2].[O-2].[O-2].[O-2]. The van der Waals surface area contributed by atoms with Gasteiger partial charge in [0.25, 0.3) is 0 Å². The monoisotopic (exact) mass is 840 g/mol. The average molecular weight is 836 g/mol. The largest absolute Gasteiger partial charge is 4.00 e. The van der Waals surface area contributed by atoms with Crippen molar-refractivity contribution in [2.75, 3.05) is 0 Å². The van der Waals surface area contributed by atoms with Gasteiger partial charge < -0.3 is 61.5 Å². The Kier molecular flexibility index (Phi) is 222. The molecule has 0 rings (SSSR count). The average Bonchev–Trinajstić information content (AvgIpc) is 1.76. The topological polar surface area (TPSA) is 275 Å². The molecule has 0 aliphatic rings. The van der Waals surface area contributed by atoms with Gasteiger partial charge in [0, 0.05) is 23.9 Å². The summed E-state index contributed by atoms with van der Waals surface area (Å²) < 4.78 is 0. The van der Waals surface area contributed by atoms with Gasteiger partial charge in [0.05, 0.1) is 0 Å². The Balaban J connectivity index is -0.00000000842. The molecule has 0 heterocycles. The van der Waals surface area contributed by atoms with Crippen molar-refractivity contribution >= 4 is 23.9 Å². The van der Waals surface area contributed by atoms with Gasteiger partial charge in [-0.1, -0.05) is 0 Å². The minimum atomic E-state index is -1.08. The molecule has 0 aromatic carbocycles. The summed E-state index contributed by atoms with van der Waals surface area (Å²) in [4.78, 5) is 35.6. The molecular formula is C8H12Hf3O12. The van der Waals surface area contributed by atoms with E-state index >= 15 is 0 Å². The minimum Gasteiger partial charge on any atom is -2.00 e. The van der Waals surface area contributed by atoms with Gasteiger partial charge in [0.15, 0.2) is 0 Å². The molecule has 0 radical (unpaired) electrons. The Hall–Kier alpha value is 0.330. The second-order valence-electron chi connectivity index (χ2n) is 1.97. The molecule has 0 N–H and O–H groups in total. The van der Waals surface area contributed by atoms with Gasteiger partial charge in [-0.05, 0) is 27.7 Å². The summed E-state index contributed by atoms with van der Waals surface area (Å²) in [7, 11) is 0. The Morgan fingerprint density at radius 1 is 0.435 bits per heavy atom. The van der Waals surface area contributed by atoms with Crippen molar-refractivity contribution in [1.29, 1.82) is 0 Å². The van der Waals surface area contributed by atoms with Crippen LogP contribution in [0.4, 0.5) is 0 Å². The van der Waals surface area contributed by atoms with Crippen molar-refractivity contribution in [2.45, 2.75) is 27.7 Å². The van der Waals surface area contributed by atoms with Crippen molar-refractivity contribution in [2.24, 2.45) is 0 Å². The normalized spacial score (nSPS) is 4.35. The molecule has 0 saturated carbocycles. The summed E-state index contributed by atoms with van der Waals surface area (Å²) in [6, 6.07) is 0. The zero-order valence-electron chi connectivity index (χ0n) is 12.4. The Labute approximate surface area is 189 Å². The fraction of sp³-hybridized carbons (Fsp3) is 0.500. The molecule has 0 amide bonds. The molecule has 0 aliphatic heterocycles. The third-order valence-electron chi connectivity index (χ3n) is 0. The number of carboxylic acid groups (broad SMARTS) is 4. The number of carbonyl (C=O) groups excluding carboxylic acids is 4. The van der Waals surface area contributed by atoms with Crippen LogP contribution >= 0.6 is 0 Å². The quantitative estimate of drug-likeness (QED) is 0.212. The van der Waals surface area contributed by atoms with E-state index in [1.165, 1.54) is 0 Å². The third-order valence-corrected chi connectivity index (χ3v) is 0. The van der Waals surface area contributed by atoms with Gasteiger partial charge in [-0.2, -0.15) is 0 Å². The predicted molar refractivity (Wildman–Crippen MR) is 45.5 cm³/mol. The van der Waals surface area contributed by atoms with Crippen LogP contribution in [0.25, 0.3) is 0 Å². The maximum atomic E-state index is 8.89. The molecule has 0 unspecified atom stereocenters. The van der Waals surface area contributed by atoms with E-state index in [4.69, 9.17) is 39.6 Å².